The summed E-state index contributed by atoms with van der Waals surface area (Å²) in [6.07, 6.45) is 5.26. The number of aryl methyl sites for hydroxylation is 4. The Morgan fingerprint density at radius 2 is 1.82 bits per heavy atom. The normalized spacial score (nSPS) is 12.3. The van der Waals surface area contributed by atoms with E-state index < -0.39 is 0 Å². The topological polar surface area (TPSA) is 92.6 Å². The molecule has 5 aromatic rings. The zero-order valence-electron chi connectivity index (χ0n) is 22.1. The summed E-state index contributed by atoms with van der Waals surface area (Å²) in [5.41, 5.74) is 6.10. The second-order valence-corrected chi connectivity index (χ2v) is 9.85. The SMILES string of the molecule is CC[C@@H](c1nnnn1CCc1ccccc1)N(Cc1cccnc1)Cc1cc2c(C)cc(C)cc2[nH]c1=O. The largest absolute Gasteiger partial charge is 0.322 e. The van der Waals surface area contributed by atoms with Crippen molar-refractivity contribution in [3.8, 4) is 0 Å². The number of hydrogen-bond acceptors (Lipinski definition) is 6. The average Bonchev–Trinajstić information content (AvgIpc) is 3.38. The molecule has 8 heteroatoms. The fraction of sp³-hybridized carbons (Fsp3) is 0.300. The molecule has 1 N–H and O–H groups in total. The van der Waals surface area contributed by atoms with Crippen molar-refractivity contribution in [1.29, 1.82) is 0 Å². The minimum absolute atomic E-state index is 0.0720. The lowest BCUT2D eigenvalue weighted by Crippen LogP contribution is -2.32. The molecule has 5 rings (SSSR count). The summed E-state index contributed by atoms with van der Waals surface area (Å²) in [6.45, 7) is 8.01. The molecule has 2 aromatic carbocycles. The van der Waals surface area contributed by atoms with E-state index in [0.29, 0.717) is 19.6 Å². The van der Waals surface area contributed by atoms with Crippen molar-refractivity contribution in [3.63, 3.8) is 0 Å². The maximum absolute atomic E-state index is 13.2. The molecule has 3 heterocycles. The van der Waals surface area contributed by atoms with E-state index in [2.05, 4.69) is 68.5 Å². The van der Waals surface area contributed by atoms with E-state index >= 15 is 0 Å². The van der Waals surface area contributed by atoms with E-state index in [-0.39, 0.29) is 11.6 Å². The fourth-order valence-corrected chi connectivity index (χ4v) is 5.15. The van der Waals surface area contributed by atoms with Crippen LogP contribution >= 0.6 is 0 Å². The minimum Gasteiger partial charge on any atom is -0.322 e. The van der Waals surface area contributed by atoms with Crippen molar-refractivity contribution in [2.24, 2.45) is 0 Å². The van der Waals surface area contributed by atoms with Crippen LogP contribution in [0.3, 0.4) is 0 Å². The third-order valence-corrected chi connectivity index (χ3v) is 7.01. The van der Waals surface area contributed by atoms with Gasteiger partial charge in [-0.2, -0.15) is 0 Å². The molecule has 0 saturated carbocycles. The first-order valence-corrected chi connectivity index (χ1v) is 13.1. The van der Waals surface area contributed by atoms with Crippen LogP contribution in [0.4, 0.5) is 0 Å². The second-order valence-electron chi connectivity index (χ2n) is 9.85. The first kappa shape index (κ1) is 25.5. The van der Waals surface area contributed by atoms with Gasteiger partial charge < -0.3 is 4.98 Å². The van der Waals surface area contributed by atoms with Gasteiger partial charge in [-0.25, -0.2) is 4.68 Å². The second kappa shape index (κ2) is 11.5. The molecule has 8 nitrogen and oxygen atoms in total. The number of H-pyrrole nitrogens is 1. The van der Waals surface area contributed by atoms with Crippen LogP contribution in [0, 0.1) is 13.8 Å². The molecule has 0 radical (unpaired) electrons. The Hall–Kier alpha value is -4.17. The quantitative estimate of drug-likeness (QED) is 0.288. The van der Waals surface area contributed by atoms with Crippen LogP contribution in [0.1, 0.15) is 53.0 Å². The summed E-state index contributed by atoms with van der Waals surface area (Å²) < 4.78 is 1.90. The van der Waals surface area contributed by atoms with Crippen molar-refractivity contribution in [3.05, 3.63) is 117 Å². The van der Waals surface area contributed by atoms with Crippen LogP contribution in [-0.4, -0.2) is 35.1 Å². The number of aromatic nitrogens is 6. The number of aromatic amines is 1. The maximum atomic E-state index is 13.2. The molecule has 3 aromatic heterocycles. The summed E-state index contributed by atoms with van der Waals surface area (Å²) in [7, 11) is 0. The van der Waals surface area contributed by atoms with Gasteiger partial charge in [-0.05, 0) is 77.6 Å². The van der Waals surface area contributed by atoms with Crippen LogP contribution in [0.2, 0.25) is 0 Å². The number of hydrogen-bond donors (Lipinski definition) is 1. The zero-order valence-corrected chi connectivity index (χ0v) is 22.1. The van der Waals surface area contributed by atoms with Crippen molar-refractivity contribution >= 4 is 10.9 Å². The lowest BCUT2D eigenvalue weighted by Gasteiger charge is -2.30. The Morgan fingerprint density at radius 3 is 2.58 bits per heavy atom. The highest BCUT2D eigenvalue weighted by molar-refractivity contribution is 5.83. The predicted molar refractivity (Wildman–Crippen MR) is 149 cm³/mol. The van der Waals surface area contributed by atoms with Gasteiger partial charge >= 0.3 is 0 Å². The van der Waals surface area contributed by atoms with Crippen molar-refractivity contribution < 1.29 is 0 Å². The fourth-order valence-electron chi connectivity index (χ4n) is 5.15. The van der Waals surface area contributed by atoms with Gasteiger partial charge in [0.15, 0.2) is 5.82 Å². The molecule has 0 unspecified atom stereocenters. The average molecular weight is 508 g/mol. The van der Waals surface area contributed by atoms with Crippen LogP contribution in [0.15, 0.2) is 77.9 Å². The first-order valence-electron chi connectivity index (χ1n) is 13.1. The molecule has 0 spiro atoms. The van der Waals surface area contributed by atoms with E-state index in [1.54, 1.807) is 6.20 Å². The van der Waals surface area contributed by atoms with Crippen LogP contribution < -0.4 is 5.56 Å². The summed E-state index contributed by atoms with van der Waals surface area (Å²) in [6, 6.07) is 20.5. The Bertz CT molecular complexity index is 1560. The smallest absolute Gasteiger partial charge is 0.252 e. The van der Waals surface area contributed by atoms with E-state index in [9.17, 15) is 4.79 Å². The lowest BCUT2D eigenvalue weighted by atomic mass is 10.0. The summed E-state index contributed by atoms with van der Waals surface area (Å²) in [5, 5.41) is 13.9. The molecule has 0 bridgehead atoms. The Kier molecular flexibility index (Phi) is 7.70. The molecule has 0 aliphatic carbocycles. The van der Waals surface area contributed by atoms with Crippen LogP contribution in [-0.2, 0) is 26.1 Å². The Balaban J connectivity index is 1.49. The van der Waals surface area contributed by atoms with Gasteiger partial charge in [0.1, 0.15) is 0 Å². The highest BCUT2D eigenvalue weighted by Crippen LogP contribution is 2.27. The summed E-state index contributed by atoms with van der Waals surface area (Å²) in [5.74, 6) is 0.802. The molecule has 0 aliphatic heterocycles. The van der Waals surface area contributed by atoms with Crippen LogP contribution in [0.5, 0.6) is 0 Å². The van der Waals surface area contributed by atoms with E-state index in [1.165, 1.54) is 5.56 Å². The molecule has 0 fully saturated rings. The Morgan fingerprint density at radius 1 is 1.00 bits per heavy atom. The number of pyridine rings is 2. The van der Waals surface area contributed by atoms with E-state index in [0.717, 1.165) is 51.8 Å². The number of tetrazole rings is 1. The zero-order chi connectivity index (χ0) is 26.5. The third-order valence-electron chi connectivity index (χ3n) is 7.01. The number of rotatable bonds is 10. The van der Waals surface area contributed by atoms with Crippen molar-refractivity contribution in [2.75, 3.05) is 0 Å². The molecule has 0 amide bonds. The van der Waals surface area contributed by atoms with Crippen molar-refractivity contribution in [2.45, 2.75) is 59.3 Å². The molecular formula is C30H33N7O. The number of benzene rings is 2. The monoisotopic (exact) mass is 507 g/mol. The predicted octanol–water partition coefficient (Wildman–Crippen LogP) is 4.92. The first-order chi connectivity index (χ1) is 18.5. The van der Waals surface area contributed by atoms with Gasteiger partial charge in [0.05, 0.1) is 6.04 Å². The molecule has 1 atom stereocenters. The highest BCUT2D eigenvalue weighted by atomic mass is 16.1. The highest BCUT2D eigenvalue weighted by Gasteiger charge is 2.26. The van der Waals surface area contributed by atoms with Gasteiger partial charge in [0.2, 0.25) is 0 Å². The molecule has 38 heavy (non-hydrogen) atoms. The lowest BCUT2D eigenvalue weighted by molar-refractivity contribution is 0.160. The van der Waals surface area contributed by atoms with Gasteiger partial charge in [-0.1, -0.05) is 49.4 Å². The van der Waals surface area contributed by atoms with Gasteiger partial charge in [0.25, 0.3) is 5.56 Å². The molecular weight excluding hydrogens is 474 g/mol. The minimum atomic E-state index is -0.0878. The molecule has 0 saturated heterocycles. The Labute approximate surface area is 222 Å². The number of fused-ring (bicyclic) bond motifs is 1. The van der Waals surface area contributed by atoms with Gasteiger partial charge in [-0.3, -0.25) is 14.7 Å². The molecule has 194 valence electrons. The number of nitrogens with zero attached hydrogens (tertiary/aromatic N) is 6. The van der Waals surface area contributed by atoms with Crippen molar-refractivity contribution in [1.82, 2.24) is 35.1 Å². The standard InChI is InChI=1S/C30H33N7O/c1-4-28(29-33-34-35-37(29)14-12-23-9-6-5-7-10-23)36(19-24-11-8-13-31-18-24)20-25-17-26-22(3)15-21(2)16-27(26)32-30(25)38/h5-11,13,15-18,28H,4,12,14,19-20H2,1-3H3,(H,32,38)/t28-/m0/s1. The summed E-state index contributed by atoms with van der Waals surface area (Å²) >= 11 is 0. The van der Waals surface area contributed by atoms with Gasteiger partial charge in [-0.15, -0.1) is 5.10 Å². The van der Waals surface area contributed by atoms with Crippen LogP contribution in [0.25, 0.3) is 10.9 Å². The summed E-state index contributed by atoms with van der Waals surface area (Å²) in [4.78, 5) is 22.9. The molecule has 0 aliphatic rings. The maximum Gasteiger partial charge on any atom is 0.252 e. The van der Waals surface area contributed by atoms with E-state index in [1.807, 2.05) is 54.2 Å². The van der Waals surface area contributed by atoms with E-state index in [4.69, 9.17) is 0 Å². The third kappa shape index (κ3) is 5.70. The van der Waals surface area contributed by atoms with Gasteiger partial charge in [0, 0.05) is 48.5 Å². The number of nitrogens with one attached hydrogen (secondary N) is 1.